The molecule has 0 aromatic rings. The molecule has 12 amide bonds. The van der Waals surface area contributed by atoms with Gasteiger partial charge in [-0.1, -0.05) is 110 Å². The first kappa shape index (κ1) is 84.5. The van der Waals surface area contributed by atoms with Gasteiger partial charge >= 0.3 is 6.09 Å². The number of aliphatic hydroxyl groups is 1. The number of carbonyl (C=O) groups is 12. The second kappa shape index (κ2) is 39.0. The average molecular weight is 1350 g/mol. The van der Waals surface area contributed by atoms with Gasteiger partial charge in [0.05, 0.1) is 12.6 Å². The number of ether oxygens (including phenoxy) is 1. The van der Waals surface area contributed by atoms with E-state index < -0.39 is 156 Å². The van der Waals surface area contributed by atoms with Crippen LogP contribution in [0.1, 0.15) is 195 Å². The van der Waals surface area contributed by atoms with E-state index in [0.717, 1.165) is 22.6 Å². The molecule has 26 heteroatoms. The van der Waals surface area contributed by atoms with E-state index in [2.05, 4.69) is 26.6 Å². The molecular weight excluding hydrogens is 1220 g/mol. The molecule has 2 unspecified atom stereocenters. The SMILES string of the molecule is CCCC[C@@H](C)C(O)[C@H]1C(=O)N[C@@H](C(C)OC(=O)NC2CCC2)C(=O)N(C)CC(=O)N(C)[C@@H](CC(C)C)C(=O)N(C)[C@@H](CC(C)C)C(=O)N(C)[C@@H](CC(C)C)C(=O)N[C@@H](C)C(=O)N[C@H](C)C(=O)N(C)[C@@H](CC(C)C)C(=O)N[C@@H](CC(C)C)C(=O)N(C)[C@@H](CC(C)C)C(=O)N1C. The lowest BCUT2D eigenvalue weighted by molar-refractivity contribution is -0.154. The Morgan fingerprint density at radius 2 is 0.884 bits per heavy atom. The van der Waals surface area contributed by atoms with Crippen LogP contribution in [0.15, 0.2) is 0 Å². The summed E-state index contributed by atoms with van der Waals surface area (Å²) in [5, 5.41) is 26.2. The molecule has 95 heavy (non-hydrogen) atoms. The molecule has 1 aliphatic carbocycles. The first-order valence-corrected chi connectivity index (χ1v) is 34.7. The van der Waals surface area contributed by atoms with Crippen LogP contribution in [0.3, 0.4) is 0 Å². The van der Waals surface area contributed by atoms with Gasteiger partial charge in [0, 0.05) is 55.4 Å². The fraction of sp³-hybridized carbons (Fsp3) is 0.826. The van der Waals surface area contributed by atoms with Crippen molar-refractivity contribution < 1.29 is 67.4 Å². The lowest BCUT2D eigenvalue weighted by atomic mass is 9.90. The zero-order valence-electron chi connectivity index (χ0n) is 62.1. The van der Waals surface area contributed by atoms with Crippen molar-refractivity contribution in [1.29, 1.82) is 0 Å². The molecule has 2 aliphatic rings. The molecule has 0 radical (unpaired) electrons. The summed E-state index contributed by atoms with van der Waals surface area (Å²) in [5.41, 5.74) is 0. The number of alkyl carbamates (subject to hydrolysis) is 1. The minimum Gasteiger partial charge on any atom is -0.444 e. The Morgan fingerprint density at radius 3 is 1.33 bits per heavy atom. The zero-order valence-corrected chi connectivity index (χ0v) is 62.1. The van der Waals surface area contributed by atoms with Crippen molar-refractivity contribution in [2.24, 2.45) is 41.4 Å². The van der Waals surface area contributed by atoms with Crippen LogP contribution >= 0.6 is 0 Å². The number of unbranched alkanes of at least 4 members (excludes halogenated alkanes) is 1. The van der Waals surface area contributed by atoms with Gasteiger partial charge in [-0.25, -0.2) is 4.79 Å². The Kier molecular flexibility index (Phi) is 34.7. The molecule has 0 spiro atoms. The van der Waals surface area contributed by atoms with Crippen molar-refractivity contribution >= 4 is 71.1 Å². The van der Waals surface area contributed by atoms with Gasteiger partial charge in [0.1, 0.15) is 66.5 Å². The average Bonchev–Trinajstić information content (AvgIpc) is 0.818. The van der Waals surface area contributed by atoms with E-state index in [4.69, 9.17) is 4.74 Å². The summed E-state index contributed by atoms with van der Waals surface area (Å²) in [5.74, 6) is -9.83. The summed E-state index contributed by atoms with van der Waals surface area (Å²) < 4.78 is 5.81. The Balaban J connectivity index is 3.11. The maximum atomic E-state index is 15.5. The van der Waals surface area contributed by atoms with Gasteiger partial charge < -0.3 is 70.7 Å². The van der Waals surface area contributed by atoms with Gasteiger partial charge in [-0.05, 0) is 126 Å². The molecule has 26 nitrogen and oxygen atoms in total. The highest BCUT2D eigenvalue weighted by molar-refractivity contribution is 5.99. The molecule has 544 valence electrons. The van der Waals surface area contributed by atoms with E-state index >= 15 is 28.8 Å². The molecule has 2 rings (SSSR count). The Bertz CT molecular complexity index is 2600. The van der Waals surface area contributed by atoms with E-state index in [1.807, 2.05) is 90.0 Å². The third-order valence-corrected chi connectivity index (χ3v) is 18.3. The van der Waals surface area contributed by atoms with Gasteiger partial charge in [0.25, 0.3) is 0 Å². The number of aliphatic hydroxyl groups excluding tert-OH is 1. The van der Waals surface area contributed by atoms with Crippen LogP contribution in [0.4, 0.5) is 4.79 Å². The highest BCUT2D eigenvalue weighted by Gasteiger charge is 2.46. The van der Waals surface area contributed by atoms with Crippen molar-refractivity contribution in [3.05, 3.63) is 0 Å². The van der Waals surface area contributed by atoms with Crippen molar-refractivity contribution in [3.8, 4) is 0 Å². The monoisotopic (exact) mass is 1340 g/mol. The highest BCUT2D eigenvalue weighted by Crippen LogP contribution is 2.26. The third-order valence-electron chi connectivity index (χ3n) is 18.3. The molecule has 1 saturated heterocycles. The molecule has 1 aliphatic heterocycles. The summed E-state index contributed by atoms with van der Waals surface area (Å²) in [6.45, 7) is 29.5. The normalized spacial score (nSPS) is 26.4. The van der Waals surface area contributed by atoms with Gasteiger partial charge in [-0.3, -0.25) is 52.7 Å². The zero-order chi connectivity index (χ0) is 73.0. The second-order valence-corrected chi connectivity index (χ2v) is 29.7. The molecule has 0 aromatic carbocycles. The number of hydrogen-bond acceptors (Lipinski definition) is 14. The fourth-order valence-electron chi connectivity index (χ4n) is 12.1. The largest absolute Gasteiger partial charge is 0.444 e. The molecule has 13 atom stereocenters. The van der Waals surface area contributed by atoms with Crippen LogP contribution in [0, 0.1) is 41.4 Å². The van der Waals surface area contributed by atoms with Crippen LogP contribution < -0.4 is 26.6 Å². The van der Waals surface area contributed by atoms with Gasteiger partial charge in [-0.2, -0.15) is 0 Å². The number of nitrogens with one attached hydrogen (secondary N) is 5. The van der Waals surface area contributed by atoms with Gasteiger partial charge in [0.15, 0.2) is 0 Å². The van der Waals surface area contributed by atoms with E-state index in [0.29, 0.717) is 25.7 Å². The number of rotatable bonds is 20. The third kappa shape index (κ3) is 25.1. The minimum atomic E-state index is -1.76. The van der Waals surface area contributed by atoms with Crippen LogP contribution in [-0.2, 0) is 57.5 Å². The molecule has 0 aromatic heterocycles. The number of hydrogen-bond donors (Lipinski definition) is 6. The van der Waals surface area contributed by atoms with E-state index in [-0.39, 0.29) is 80.1 Å². The molecule has 1 heterocycles. The van der Waals surface area contributed by atoms with Crippen LogP contribution in [0.5, 0.6) is 0 Å². The molecule has 6 N–H and O–H groups in total. The summed E-state index contributed by atoms with van der Waals surface area (Å²) in [4.78, 5) is 185. The Morgan fingerprint density at radius 1 is 0.484 bits per heavy atom. The fourth-order valence-corrected chi connectivity index (χ4v) is 12.1. The maximum Gasteiger partial charge on any atom is 0.407 e. The predicted molar refractivity (Wildman–Crippen MR) is 364 cm³/mol. The molecule has 1 saturated carbocycles. The van der Waals surface area contributed by atoms with Crippen LogP contribution in [0.25, 0.3) is 0 Å². The maximum absolute atomic E-state index is 15.5. The predicted octanol–water partition coefficient (Wildman–Crippen LogP) is 4.53. The van der Waals surface area contributed by atoms with Gasteiger partial charge in [0.2, 0.25) is 65.0 Å². The lowest BCUT2D eigenvalue weighted by Crippen LogP contribution is -2.64. The van der Waals surface area contributed by atoms with E-state index in [1.54, 1.807) is 6.92 Å². The minimum absolute atomic E-state index is 0.0458. The first-order chi connectivity index (χ1) is 44.0. The number of likely N-dealkylation sites (N-methyl/N-ethyl adjacent to an activating group) is 7. The first-order valence-electron chi connectivity index (χ1n) is 34.7. The van der Waals surface area contributed by atoms with Crippen molar-refractivity contribution in [1.82, 2.24) is 60.9 Å². The quantitative estimate of drug-likeness (QED) is 0.0976. The Hall–Kier alpha value is -6.60. The topological polar surface area (TPSA) is 317 Å². The number of amides is 12. The molecule has 2 fully saturated rings. The smallest absolute Gasteiger partial charge is 0.407 e. The summed E-state index contributed by atoms with van der Waals surface area (Å²) >= 11 is 0. The van der Waals surface area contributed by atoms with Crippen LogP contribution in [-0.4, -0.2) is 245 Å². The molecular formula is C69H124N12O14. The van der Waals surface area contributed by atoms with Crippen molar-refractivity contribution in [3.63, 3.8) is 0 Å². The standard InChI is InChI=1S/C69H124N12O14/c1-25-26-28-44(14)58(83)57-62(87)74-56(47(17)95-69(94)72-48-29-27-30-48)68(93)75(18)37-55(82)76(19)52(34-41(8)9)65(90)80(23)53(35-42(10)11)66(91)78(21)50(32-39(4)5)60(85)70-45(15)59(84)71-46(16)63(88)77(20)51(33-40(6)7)61(86)73-49(31-38(2)3)64(89)79(22)54(36-43(12)13)67(92)81(57)24/h38-54,56-58,83H,25-37H2,1-24H3,(H,70,85)(H,71,84)(H,72,94)(H,73,86)(H,74,87)/t44-,45+,46-,47?,49+,50+,51+,52+,53+,54+,56+,57+,58?/m1/s1. The number of nitrogens with zero attached hydrogens (tertiary/aromatic N) is 7. The summed E-state index contributed by atoms with van der Waals surface area (Å²) in [6.07, 6.45) is 0.813. The summed E-state index contributed by atoms with van der Waals surface area (Å²) in [6, 6.07) is -13.4. The Labute approximate surface area is 567 Å². The van der Waals surface area contributed by atoms with E-state index in [9.17, 15) is 33.9 Å². The van der Waals surface area contributed by atoms with Gasteiger partial charge in [-0.15, -0.1) is 0 Å². The van der Waals surface area contributed by atoms with Crippen molar-refractivity contribution in [2.45, 2.75) is 273 Å². The molecule has 0 bridgehead atoms. The van der Waals surface area contributed by atoms with E-state index in [1.165, 1.54) is 94.6 Å². The van der Waals surface area contributed by atoms with Crippen molar-refractivity contribution in [2.75, 3.05) is 55.9 Å². The lowest BCUT2D eigenvalue weighted by Gasteiger charge is -2.40. The second-order valence-electron chi connectivity index (χ2n) is 29.7. The number of carbonyl (C=O) groups excluding carboxylic acids is 12. The van der Waals surface area contributed by atoms with Crippen LogP contribution in [0.2, 0.25) is 0 Å². The summed E-state index contributed by atoms with van der Waals surface area (Å²) in [7, 11) is 9.76. The highest BCUT2D eigenvalue weighted by atomic mass is 16.6.